The molecule has 2 heterocycles. The van der Waals surface area contributed by atoms with Gasteiger partial charge in [0.2, 0.25) is 0 Å². The third kappa shape index (κ3) is 3.96. The molecule has 0 aliphatic rings. The maximum atomic E-state index is 11.8. The van der Waals surface area contributed by atoms with Gasteiger partial charge in [-0.25, -0.2) is 4.79 Å². The van der Waals surface area contributed by atoms with Crippen molar-refractivity contribution in [2.75, 3.05) is 5.32 Å². The monoisotopic (exact) mass is 425 g/mol. The van der Waals surface area contributed by atoms with Gasteiger partial charge in [0.25, 0.3) is 0 Å². The van der Waals surface area contributed by atoms with Gasteiger partial charge in [-0.1, -0.05) is 66.7 Å². The fourth-order valence-corrected chi connectivity index (χ4v) is 4.56. The second-order valence-electron chi connectivity index (χ2n) is 7.23. The van der Waals surface area contributed by atoms with E-state index in [-0.39, 0.29) is 0 Å². The average molecular weight is 426 g/mol. The van der Waals surface area contributed by atoms with Gasteiger partial charge in [0.05, 0.1) is 5.69 Å². The summed E-state index contributed by atoms with van der Waals surface area (Å²) >= 11 is 1.28. The molecular weight excluding hydrogens is 406 g/mol. The number of thiophene rings is 1. The Morgan fingerprint density at radius 3 is 2.45 bits per heavy atom. The number of furan rings is 1. The normalized spacial score (nSPS) is 11.0. The number of hydrogen-bond donors (Lipinski definition) is 2. The summed E-state index contributed by atoms with van der Waals surface area (Å²) in [7, 11) is 0. The zero-order valence-electron chi connectivity index (χ0n) is 16.5. The Kier molecular flexibility index (Phi) is 5.02. The Bertz CT molecular complexity index is 1330. The Morgan fingerprint density at radius 1 is 0.871 bits per heavy atom. The smallest absolute Gasteiger partial charge is 0.348 e. The van der Waals surface area contributed by atoms with E-state index in [1.807, 2.05) is 84.9 Å². The number of aromatic carboxylic acids is 1. The van der Waals surface area contributed by atoms with Crippen LogP contribution in [-0.4, -0.2) is 11.1 Å². The van der Waals surface area contributed by atoms with E-state index in [9.17, 15) is 9.90 Å². The number of para-hydroxylation sites is 1. The minimum atomic E-state index is -0.925. The van der Waals surface area contributed by atoms with Gasteiger partial charge in [-0.3, -0.25) is 0 Å². The highest BCUT2D eigenvalue weighted by molar-refractivity contribution is 7.18. The van der Waals surface area contributed by atoms with Crippen LogP contribution in [0.3, 0.4) is 0 Å². The molecule has 5 heteroatoms. The summed E-state index contributed by atoms with van der Waals surface area (Å²) in [4.78, 5) is 13.0. The summed E-state index contributed by atoms with van der Waals surface area (Å²) < 4.78 is 5.98. The van der Waals surface area contributed by atoms with Crippen LogP contribution in [0.2, 0.25) is 0 Å². The summed E-state index contributed by atoms with van der Waals surface area (Å²) in [6, 6.07) is 29.8. The first-order valence-electron chi connectivity index (χ1n) is 9.92. The molecule has 0 aliphatic heterocycles. The van der Waals surface area contributed by atoms with Gasteiger partial charge < -0.3 is 14.8 Å². The van der Waals surface area contributed by atoms with Crippen LogP contribution in [0.15, 0.2) is 95.4 Å². The van der Waals surface area contributed by atoms with Crippen LogP contribution in [0.4, 0.5) is 5.69 Å². The fraction of sp³-hybridized carbons (Fsp3) is 0.0385. The SMILES string of the molecule is O=C(O)c1sc(-c2ccccc2)cc1NCc1cccc(-c2cc3ccccc3o2)c1. The van der Waals surface area contributed by atoms with Crippen molar-refractivity contribution in [3.63, 3.8) is 0 Å². The summed E-state index contributed by atoms with van der Waals surface area (Å²) in [5.74, 6) is -0.109. The van der Waals surface area contributed by atoms with Crippen LogP contribution >= 0.6 is 11.3 Å². The molecule has 2 N–H and O–H groups in total. The van der Waals surface area contributed by atoms with Gasteiger partial charge >= 0.3 is 5.97 Å². The minimum Gasteiger partial charge on any atom is -0.477 e. The maximum absolute atomic E-state index is 11.8. The Hall–Kier alpha value is -3.83. The van der Waals surface area contributed by atoms with Crippen LogP contribution < -0.4 is 5.32 Å². The quantitative estimate of drug-likeness (QED) is 0.303. The van der Waals surface area contributed by atoms with Crippen LogP contribution in [-0.2, 0) is 6.54 Å². The van der Waals surface area contributed by atoms with E-state index in [4.69, 9.17) is 4.42 Å². The number of carboxylic acid groups (broad SMARTS) is 1. The molecule has 0 atom stereocenters. The molecule has 5 rings (SSSR count). The molecule has 2 aromatic heterocycles. The second-order valence-corrected chi connectivity index (χ2v) is 8.28. The van der Waals surface area contributed by atoms with Crippen LogP contribution in [0.5, 0.6) is 0 Å². The molecule has 0 fully saturated rings. The number of rotatable bonds is 6. The molecule has 0 radical (unpaired) electrons. The third-order valence-electron chi connectivity index (χ3n) is 5.10. The molecule has 0 aliphatic carbocycles. The van der Waals surface area contributed by atoms with Gasteiger partial charge in [0.15, 0.2) is 0 Å². The number of benzene rings is 3. The summed E-state index contributed by atoms with van der Waals surface area (Å²) in [5, 5.41) is 14.0. The van der Waals surface area contributed by atoms with E-state index in [0.717, 1.165) is 38.3 Å². The van der Waals surface area contributed by atoms with Crippen LogP contribution in [0.25, 0.3) is 32.7 Å². The highest BCUT2D eigenvalue weighted by Crippen LogP contribution is 2.35. The summed E-state index contributed by atoms with van der Waals surface area (Å²) in [6.45, 7) is 0.513. The zero-order chi connectivity index (χ0) is 21.2. The first-order chi connectivity index (χ1) is 15.2. The van der Waals surface area contributed by atoms with E-state index < -0.39 is 5.97 Å². The lowest BCUT2D eigenvalue weighted by Gasteiger charge is -2.07. The van der Waals surface area contributed by atoms with Crippen molar-refractivity contribution in [1.82, 2.24) is 0 Å². The van der Waals surface area contributed by atoms with E-state index in [1.165, 1.54) is 11.3 Å². The van der Waals surface area contributed by atoms with Gasteiger partial charge in [-0.15, -0.1) is 11.3 Å². The summed E-state index contributed by atoms with van der Waals surface area (Å²) in [5.41, 5.74) is 4.53. The summed E-state index contributed by atoms with van der Waals surface area (Å²) in [6.07, 6.45) is 0. The molecule has 3 aromatic carbocycles. The first-order valence-corrected chi connectivity index (χ1v) is 10.7. The number of carboxylic acids is 1. The highest BCUT2D eigenvalue weighted by atomic mass is 32.1. The molecule has 5 aromatic rings. The molecule has 0 spiro atoms. The van der Waals surface area contributed by atoms with Gasteiger partial charge in [-0.2, -0.15) is 0 Å². The number of anilines is 1. The van der Waals surface area contributed by atoms with E-state index >= 15 is 0 Å². The van der Waals surface area contributed by atoms with E-state index in [2.05, 4.69) is 11.4 Å². The number of hydrogen-bond acceptors (Lipinski definition) is 4. The lowest BCUT2D eigenvalue weighted by molar-refractivity contribution is 0.0703. The lowest BCUT2D eigenvalue weighted by Crippen LogP contribution is -2.03. The largest absolute Gasteiger partial charge is 0.477 e. The van der Waals surface area contributed by atoms with Crippen molar-refractivity contribution in [3.8, 4) is 21.8 Å². The standard InChI is InChI=1S/C26H19NO3S/c28-26(29)25-21(15-24(31-25)18-8-2-1-3-9-18)27-16-17-7-6-11-19(13-17)23-14-20-10-4-5-12-22(20)30-23/h1-15,27H,16H2,(H,28,29). The van der Waals surface area contributed by atoms with Crippen molar-refractivity contribution < 1.29 is 14.3 Å². The second kappa shape index (κ2) is 8.13. The van der Waals surface area contributed by atoms with Gasteiger partial charge in [0.1, 0.15) is 16.2 Å². The molecule has 0 unspecified atom stereocenters. The molecule has 31 heavy (non-hydrogen) atoms. The lowest BCUT2D eigenvalue weighted by atomic mass is 10.1. The topological polar surface area (TPSA) is 62.5 Å². The average Bonchev–Trinajstić information content (AvgIpc) is 3.43. The molecule has 0 saturated carbocycles. The Morgan fingerprint density at radius 2 is 1.65 bits per heavy atom. The molecule has 0 bridgehead atoms. The predicted octanol–water partition coefficient (Wildman–Crippen LogP) is 7.14. The molecular formula is C26H19NO3S. The van der Waals surface area contributed by atoms with Crippen molar-refractivity contribution in [1.29, 1.82) is 0 Å². The van der Waals surface area contributed by atoms with Crippen molar-refractivity contribution >= 4 is 34.0 Å². The fourth-order valence-electron chi connectivity index (χ4n) is 3.58. The van der Waals surface area contributed by atoms with E-state index in [1.54, 1.807) is 0 Å². The van der Waals surface area contributed by atoms with E-state index in [0.29, 0.717) is 17.1 Å². The van der Waals surface area contributed by atoms with Crippen LogP contribution in [0.1, 0.15) is 15.2 Å². The minimum absolute atomic E-state index is 0.312. The molecule has 4 nitrogen and oxygen atoms in total. The third-order valence-corrected chi connectivity index (χ3v) is 6.28. The number of nitrogens with one attached hydrogen (secondary N) is 1. The first kappa shape index (κ1) is 19.2. The molecule has 0 amide bonds. The Labute approximate surface area is 183 Å². The van der Waals surface area contributed by atoms with Crippen LogP contribution in [0, 0.1) is 0 Å². The predicted molar refractivity (Wildman–Crippen MR) is 126 cm³/mol. The van der Waals surface area contributed by atoms with Gasteiger partial charge in [-0.05, 0) is 35.4 Å². The molecule has 0 saturated heterocycles. The molecule has 152 valence electrons. The Balaban J connectivity index is 1.39. The maximum Gasteiger partial charge on any atom is 0.348 e. The highest BCUT2D eigenvalue weighted by Gasteiger charge is 2.16. The van der Waals surface area contributed by atoms with Gasteiger partial charge in [0, 0.05) is 22.4 Å². The van der Waals surface area contributed by atoms with Crippen molar-refractivity contribution in [2.24, 2.45) is 0 Å². The van der Waals surface area contributed by atoms with Crippen molar-refractivity contribution in [2.45, 2.75) is 6.54 Å². The number of carbonyl (C=O) groups is 1. The van der Waals surface area contributed by atoms with Crippen molar-refractivity contribution in [3.05, 3.63) is 101 Å². The zero-order valence-corrected chi connectivity index (χ0v) is 17.4. The number of fused-ring (bicyclic) bond motifs is 1.